The first-order chi connectivity index (χ1) is 12.6. The minimum absolute atomic E-state index is 0.00605. The molecule has 6 heteroatoms. The number of benzene rings is 2. The van der Waals surface area contributed by atoms with Gasteiger partial charge in [0.25, 0.3) is 0 Å². The van der Waals surface area contributed by atoms with Crippen LogP contribution in [0.5, 0.6) is 0 Å². The van der Waals surface area contributed by atoms with Gasteiger partial charge in [0.2, 0.25) is 11.8 Å². The van der Waals surface area contributed by atoms with Crippen molar-refractivity contribution < 1.29 is 9.59 Å². The van der Waals surface area contributed by atoms with Crippen molar-refractivity contribution in [3.05, 3.63) is 65.3 Å². The number of likely N-dealkylation sites (tertiary alicyclic amines) is 1. The van der Waals surface area contributed by atoms with E-state index < -0.39 is 6.04 Å². The number of aromatic nitrogens is 1. The van der Waals surface area contributed by atoms with Crippen molar-refractivity contribution in [2.75, 3.05) is 5.32 Å². The lowest BCUT2D eigenvalue weighted by Crippen LogP contribution is -2.41. The van der Waals surface area contributed by atoms with Crippen LogP contribution in [0.2, 0.25) is 5.02 Å². The van der Waals surface area contributed by atoms with E-state index in [1.54, 1.807) is 29.2 Å². The number of fused-ring (bicyclic) bond motifs is 1. The van der Waals surface area contributed by atoms with Crippen LogP contribution in [-0.2, 0) is 16.1 Å². The number of nitrogens with zero attached hydrogens (tertiary/aromatic N) is 1. The first-order valence-corrected chi connectivity index (χ1v) is 8.90. The number of anilines is 1. The van der Waals surface area contributed by atoms with Crippen LogP contribution in [0.4, 0.5) is 5.69 Å². The van der Waals surface area contributed by atoms with Gasteiger partial charge in [-0.2, -0.15) is 0 Å². The van der Waals surface area contributed by atoms with E-state index in [9.17, 15) is 9.59 Å². The van der Waals surface area contributed by atoms with E-state index >= 15 is 0 Å². The van der Waals surface area contributed by atoms with E-state index in [1.807, 2.05) is 30.5 Å². The number of para-hydroxylation sites is 1. The number of rotatable bonds is 4. The highest BCUT2D eigenvalue weighted by Crippen LogP contribution is 2.26. The number of hydrogen-bond donors (Lipinski definition) is 2. The average Bonchev–Trinajstić information content (AvgIpc) is 3.22. The van der Waals surface area contributed by atoms with Gasteiger partial charge < -0.3 is 15.2 Å². The number of hydrogen-bond acceptors (Lipinski definition) is 2. The minimum Gasteiger partial charge on any atom is -0.361 e. The molecule has 0 bridgehead atoms. The number of halogens is 1. The fraction of sp³-hybridized carbons (Fsp3) is 0.200. The number of carbonyl (C=O) groups is 2. The third-order valence-electron chi connectivity index (χ3n) is 4.76. The summed E-state index contributed by atoms with van der Waals surface area (Å²) >= 11 is 5.88. The Balaban J connectivity index is 1.53. The molecule has 2 aromatic carbocycles. The summed E-state index contributed by atoms with van der Waals surface area (Å²) < 4.78 is 0. The Morgan fingerprint density at radius 2 is 1.96 bits per heavy atom. The minimum atomic E-state index is -0.466. The molecule has 1 unspecified atom stereocenters. The fourth-order valence-corrected chi connectivity index (χ4v) is 3.54. The van der Waals surface area contributed by atoms with Crippen molar-refractivity contribution in [3.8, 4) is 0 Å². The lowest BCUT2D eigenvalue weighted by atomic mass is 10.1. The van der Waals surface area contributed by atoms with E-state index in [1.165, 1.54) is 0 Å². The Bertz CT molecular complexity index is 965. The topological polar surface area (TPSA) is 65.2 Å². The predicted octanol–water partition coefficient (Wildman–Crippen LogP) is 3.95. The maximum atomic E-state index is 12.7. The number of H-pyrrole nitrogens is 1. The quantitative estimate of drug-likeness (QED) is 0.733. The second-order valence-corrected chi connectivity index (χ2v) is 6.87. The SMILES string of the molecule is O=C(Nc1ccc(Cl)cc1)C1CCC(=O)N1Cc1c[nH]c2ccccc12. The van der Waals surface area contributed by atoms with Crippen molar-refractivity contribution in [2.24, 2.45) is 0 Å². The zero-order chi connectivity index (χ0) is 18.1. The molecule has 3 aromatic rings. The molecule has 1 aromatic heterocycles. The summed E-state index contributed by atoms with van der Waals surface area (Å²) in [5, 5.41) is 4.56. The molecule has 2 N–H and O–H groups in total. The molecular formula is C20H18ClN3O2. The summed E-state index contributed by atoms with van der Waals surface area (Å²) in [5.74, 6) is -0.162. The molecule has 0 spiro atoms. The van der Waals surface area contributed by atoms with Crippen LogP contribution in [0.1, 0.15) is 18.4 Å². The van der Waals surface area contributed by atoms with Gasteiger partial charge in [-0.05, 0) is 42.3 Å². The van der Waals surface area contributed by atoms with Crippen LogP contribution >= 0.6 is 11.6 Å². The molecule has 1 fully saturated rings. The fourth-order valence-electron chi connectivity index (χ4n) is 3.41. The highest BCUT2D eigenvalue weighted by atomic mass is 35.5. The largest absolute Gasteiger partial charge is 0.361 e. The molecule has 0 radical (unpaired) electrons. The van der Waals surface area contributed by atoms with Crippen LogP contribution in [0.15, 0.2) is 54.7 Å². The lowest BCUT2D eigenvalue weighted by molar-refractivity contribution is -0.133. The lowest BCUT2D eigenvalue weighted by Gasteiger charge is -2.24. The van der Waals surface area contributed by atoms with Crippen LogP contribution < -0.4 is 5.32 Å². The summed E-state index contributed by atoms with van der Waals surface area (Å²) in [4.78, 5) is 30.0. The van der Waals surface area contributed by atoms with Crippen molar-refractivity contribution in [3.63, 3.8) is 0 Å². The Kier molecular flexibility index (Phi) is 4.39. The zero-order valence-electron chi connectivity index (χ0n) is 14.0. The Morgan fingerprint density at radius 3 is 2.77 bits per heavy atom. The first kappa shape index (κ1) is 16.7. The Labute approximate surface area is 155 Å². The average molecular weight is 368 g/mol. The maximum Gasteiger partial charge on any atom is 0.247 e. The first-order valence-electron chi connectivity index (χ1n) is 8.53. The standard InChI is InChI=1S/C20H18ClN3O2/c21-14-5-7-15(8-6-14)23-20(26)18-9-10-19(25)24(18)12-13-11-22-17-4-2-1-3-16(13)17/h1-8,11,18,22H,9-10,12H2,(H,23,26). The van der Waals surface area contributed by atoms with E-state index in [-0.39, 0.29) is 11.8 Å². The Hall–Kier alpha value is -2.79. The molecule has 2 amide bonds. The summed E-state index contributed by atoms with van der Waals surface area (Å²) in [6, 6.07) is 14.4. The molecule has 0 saturated carbocycles. The molecule has 0 aliphatic carbocycles. The number of nitrogens with one attached hydrogen (secondary N) is 2. The molecule has 1 atom stereocenters. The van der Waals surface area contributed by atoms with Crippen LogP contribution in [0.25, 0.3) is 10.9 Å². The molecule has 26 heavy (non-hydrogen) atoms. The van der Waals surface area contributed by atoms with Gasteiger partial charge in [-0.3, -0.25) is 9.59 Å². The molecule has 1 aliphatic heterocycles. The molecule has 4 rings (SSSR count). The van der Waals surface area contributed by atoms with Crippen molar-refractivity contribution in [1.29, 1.82) is 0 Å². The summed E-state index contributed by atoms with van der Waals surface area (Å²) in [6.45, 7) is 0.418. The molecular weight excluding hydrogens is 350 g/mol. The number of carbonyl (C=O) groups excluding carboxylic acids is 2. The monoisotopic (exact) mass is 367 g/mol. The van der Waals surface area contributed by atoms with Gasteiger partial charge in [0.1, 0.15) is 6.04 Å². The summed E-state index contributed by atoms with van der Waals surface area (Å²) in [7, 11) is 0. The van der Waals surface area contributed by atoms with E-state index in [4.69, 9.17) is 11.6 Å². The van der Waals surface area contributed by atoms with Crippen LogP contribution in [-0.4, -0.2) is 27.7 Å². The second kappa shape index (κ2) is 6.84. The highest BCUT2D eigenvalue weighted by Gasteiger charge is 2.36. The molecule has 1 saturated heterocycles. The maximum absolute atomic E-state index is 12.7. The highest BCUT2D eigenvalue weighted by molar-refractivity contribution is 6.30. The van der Waals surface area contributed by atoms with E-state index in [0.717, 1.165) is 16.5 Å². The van der Waals surface area contributed by atoms with Crippen molar-refractivity contribution in [1.82, 2.24) is 9.88 Å². The summed E-state index contributed by atoms with van der Waals surface area (Å²) in [5.41, 5.74) is 2.71. The van der Waals surface area contributed by atoms with Gasteiger partial charge in [0, 0.05) is 40.8 Å². The van der Waals surface area contributed by atoms with Crippen molar-refractivity contribution >= 4 is 40.0 Å². The van der Waals surface area contributed by atoms with Gasteiger partial charge in [-0.15, -0.1) is 0 Å². The van der Waals surface area contributed by atoms with Crippen LogP contribution in [0, 0.1) is 0 Å². The van der Waals surface area contributed by atoms with E-state index in [2.05, 4.69) is 10.3 Å². The number of aromatic amines is 1. The molecule has 5 nitrogen and oxygen atoms in total. The normalized spacial score (nSPS) is 17.0. The smallest absolute Gasteiger partial charge is 0.247 e. The van der Waals surface area contributed by atoms with Crippen molar-refractivity contribution in [2.45, 2.75) is 25.4 Å². The zero-order valence-corrected chi connectivity index (χ0v) is 14.8. The van der Waals surface area contributed by atoms with Gasteiger partial charge in [-0.1, -0.05) is 29.8 Å². The molecule has 1 aliphatic rings. The summed E-state index contributed by atoms with van der Waals surface area (Å²) in [6.07, 6.45) is 2.83. The Morgan fingerprint density at radius 1 is 1.19 bits per heavy atom. The van der Waals surface area contributed by atoms with Gasteiger partial charge in [0.05, 0.1) is 0 Å². The molecule has 132 valence electrons. The third-order valence-corrected chi connectivity index (χ3v) is 5.01. The van der Waals surface area contributed by atoms with E-state index in [0.29, 0.717) is 30.1 Å². The van der Waals surface area contributed by atoms with Crippen LogP contribution in [0.3, 0.4) is 0 Å². The van der Waals surface area contributed by atoms with Gasteiger partial charge in [0.15, 0.2) is 0 Å². The third kappa shape index (κ3) is 3.18. The number of amides is 2. The predicted molar refractivity (Wildman–Crippen MR) is 102 cm³/mol. The van der Waals surface area contributed by atoms with Gasteiger partial charge >= 0.3 is 0 Å². The van der Waals surface area contributed by atoms with Gasteiger partial charge in [-0.25, -0.2) is 0 Å². The molecule has 2 heterocycles. The second-order valence-electron chi connectivity index (χ2n) is 6.43.